The summed E-state index contributed by atoms with van der Waals surface area (Å²) < 4.78 is 9.03. The Morgan fingerprint density at radius 2 is 2.40 bits per heavy atom. The van der Waals surface area contributed by atoms with Crippen LogP contribution in [0.2, 0.25) is 0 Å². The van der Waals surface area contributed by atoms with Crippen LogP contribution in [0.3, 0.4) is 0 Å². The molecule has 3 N–H and O–H groups in total. The van der Waals surface area contributed by atoms with Gasteiger partial charge in [-0.3, -0.25) is 0 Å². The van der Waals surface area contributed by atoms with E-state index < -0.39 is 6.09 Å². The zero-order chi connectivity index (χ0) is 7.82. The van der Waals surface area contributed by atoms with Crippen LogP contribution < -0.4 is 11.1 Å². The first kappa shape index (κ1) is 9.19. The maximum atomic E-state index is 10.4. The molecule has 1 amide bonds. The first-order valence-corrected chi connectivity index (χ1v) is 2.91. The van der Waals surface area contributed by atoms with Gasteiger partial charge in [0.2, 0.25) is 0 Å². The lowest BCUT2D eigenvalue weighted by Crippen LogP contribution is -2.27. The van der Waals surface area contributed by atoms with Crippen molar-refractivity contribution in [3.8, 4) is 0 Å². The van der Waals surface area contributed by atoms with E-state index in [-0.39, 0.29) is 6.73 Å². The van der Waals surface area contributed by atoms with Gasteiger partial charge in [0.1, 0.15) is 0 Å². The molecule has 0 radical (unpaired) electrons. The Labute approximate surface area is 59.5 Å². The molecule has 60 valence electrons. The minimum Gasteiger partial charge on any atom is -0.453 e. The molecule has 5 heteroatoms. The monoisotopic (exact) mass is 148 g/mol. The third-order valence-electron chi connectivity index (χ3n) is 0.819. The standard InChI is InChI=1S/C5H12N2O3/c1-9-5(8)7-2-3-10-4-6/h2-4,6H2,1H3,(H,7,8). The molecule has 0 saturated heterocycles. The SMILES string of the molecule is COC(=O)NCCOCN. The Hall–Kier alpha value is -0.810. The van der Waals surface area contributed by atoms with Crippen molar-refractivity contribution < 1.29 is 14.3 Å². The van der Waals surface area contributed by atoms with Crippen LogP contribution in [0.4, 0.5) is 4.79 Å². The zero-order valence-corrected chi connectivity index (χ0v) is 5.92. The summed E-state index contributed by atoms with van der Waals surface area (Å²) in [6.45, 7) is 0.998. The van der Waals surface area contributed by atoms with Crippen LogP contribution in [0.5, 0.6) is 0 Å². The van der Waals surface area contributed by atoms with Crippen LogP contribution in [0.1, 0.15) is 0 Å². The number of carbonyl (C=O) groups is 1. The first-order valence-electron chi connectivity index (χ1n) is 2.91. The van der Waals surface area contributed by atoms with E-state index in [1.165, 1.54) is 7.11 Å². The molecule has 0 aliphatic heterocycles. The summed E-state index contributed by atoms with van der Waals surface area (Å²) >= 11 is 0. The number of rotatable bonds is 4. The van der Waals surface area contributed by atoms with E-state index in [0.29, 0.717) is 13.2 Å². The second-order valence-electron chi connectivity index (χ2n) is 1.49. The Morgan fingerprint density at radius 3 is 2.90 bits per heavy atom. The summed E-state index contributed by atoms with van der Waals surface area (Å²) in [5.41, 5.74) is 5.01. The summed E-state index contributed by atoms with van der Waals surface area (Å²) in [6, 6.07) is 0. The highest BCUT2D eigenvalue weighted by molar-refractivity contribution is 5.66. The molecule has 0 aliphatic rings. The highest BCUT2D eigenvalue weighted by Gasteiger charge is 1.94. The van der Waals surface area contributed by atoms with Gasteiger partial charge in [0.25, 0.3) is 0 Å². The number of nitrogens with two attached hydrogens (primary N) is 1. The maximum Gasteiger partial charge on any atom is 0.406 e. The van der Waals surface area contributed by atoms with Gasteiger partial charge in [-0.15, -0.1) is 0 Å². The smallest absolute Gasteiger partial charge is 0.406 e. The molecule has 0 aromatic heterocycles. The van der Waals surface area contributed by atoms with E-state index in [0.717, 1.165) is 0 Å². The molecule has 0 aromatic rings. The van der Waals surface area contributed by atoms with Crippen LogP contribution in [0.25, 0.3) is 0 Å². The van der Waals surface area contributed by atoms with Gasteiger partial charge in [-0.05, 0) is 0 Å². The van der Waals surface area contributed by atoms with E-state index in [2.05, 4.69) is 10.1 Å². The molecule has 0 bridgehead atoms. The molecular weight excluding hydrogens is 136 g/mol. The third kappa shape index (κ3) is 5.33. The van der Waals surface area contributed by atoms with Crippen molar-refractivity contribution in [2.75, 3.05) is 27.0 Å². The molecule has 10 heavy (non-hydrogen) atoms. The second-order valence-corrected chi connectivity index (χ2v) is 1.49. The predicted octanol–water partition coefficient (Wildman–Crippen LogP) is -0.725. The number of hydrogen-bond acceptors (Lipinski definition) is 4. The van der Waals surface area contributed by atoms with E-state index in [9.17, 15) is 4.79 Å². The lowest BCUT2D eigenvalue weighted by molar-refractivity contribution is 0.134. The van der Waals surface area contributed by atoms with Crippen LogP contribution in [0.15, 0.2) is 0 Å². The molecule has 0 aromatic carbocycles. The van der Waals surface area contributed by atoms with Crippen molar-refractivity contribution in [3.63, 3.8) is 0 Å². The highest BCUT2D eigenvalue weighted by Crippen LogP contribution is 1.71. The van der Waals surface area contributed by atoms with Crippen molar-refractivity contribution in [1.82, 2.24) is 5.32 Å². The fraction of sp³-hybridized carbons (Fsp3) is 0.800. The van der Waals surface area contributed by atoms with Crippen molar-refractivity contribution >= 4 is 6.09 Å². The van der Waals surface area contributed by atoms with Crippen molar-refractivity contribution in [2.45, 2.75) is 0 Å². The van der Waals surface area contributed by atoms with Crippen molar-refractivity contribution in [1.29, 1.82) is 0 Å². The number of ether oxygens (including phenoxy) is 2. The minimum absolute atomic E-state index is 0.169. The molecule has 0 saturated carbocycles. The van der Waals surface area contributed by atoms with Gasteiger partial charge in [-0.2, -0.15) is 0 Å². The topological polar surface area (TPSA) is 73.6 Å². The van der Waals surface area contributed by atoms with Gasteiger partial charge in [0.05, 0.1) is 20.4 Å². The van der Waals surface area contributed by atoms with Gasteiger partial charge >= 0.3 is 6.09 Å². The van der Waals surface area contributed by atoms with Gasteiger partial charge in [0, 0.05) is 6.54 Å². The summed E-state index contributed by atoms with van der Waals surface area (Å²) in [5.74, 6) is 0. The summed E-state index contributed by atoms with van der Waals surface area (Å²) in [5, 5.41) is 2.43. The molecule has 0 unspecified atom stereocenters. The largest absolute Gasteiger partial charge is 0.453 e. The number of methoxy groups -OCH3 is 1. The molecule has 0 aliphatic carbocycles. The number of amides is 1. The quantitative estimate of drug-likeness (QED) is 0.407. The second kappa shape index (κ2) is 6.31. The Balaban J connectivity index is 2.96. The summed E-state index contributed by atoms with van der Waals surface area (Å²) in [6.07, 6.45) is -0.458. The number of hydrogen-bond donors (Lipinski definition) is 2. The van der Waals surface area contributed by atoms with Gasteiger partial charge in [-0.25, -0.2) is 4.79 Å². The van der Waals surface area contributed by atoms with Crippen LogP contribution in [-0.2, 0) is 9.47 Å². The molecule has 0 rings (SSSR count). The average Bonchev–Trinajstić information content (AvgIpc) is 1.98. The van der Waals surface area contributed by atoms with Crippen molar-refractivity contribution in [2.24, 2.45) is 5.73 Å². The lowest BCUT2D eigenvalue weighted by atomic mass is 10.7. The molecule has 0 spiro atoms. The normalized spacial score (nSPS) is 9.00. The van der Waals surface area contributed by atoms with Crippen LogP contribution in [-0.4, -0.2) is 33.1 Å². The van der Waals surface area contributed by atoms with Crippen LogP contribution in [0, 0.1) is 0 Å². The summed E-state index contributed by atoms with van der Waals surface area (Å²) in [4.78, 5) is 10.4. The minimum atomic E-state index is -0.458. The van der Waals surface area contributed by atoms with E-state index in [1.54, 1.807) is 0 Å². The lowest BCUT2D eigenvalue weighted by Gasteiger charge is -2.02. The Bertz CT molecular complexity index is 96.9. The van der Waals surface area contributed by atoms with Gasteiger partial charge < -0.3 is 20.5 Å². The average molecular weight is 148 g/mol. The first-order chi connectivity index (χ1) is 4.81. The maximum absolute atomic E-state index is 10.4. The third-order valence-corrected chi connectivity index (χ3v) is 0.819. The fourth-order valence-corrected chi connectivity index (χ4v) is 0.381. The van der Waals surface area contributed by atoms with E-state index in [4.69, 9.17) is 10.5 Å². The van der Waals surface area contributed by atoms with E-state index in [1.807, 2.05) is 0 Å². The highest BCUT2D eigenvalue weighted by atomic mass is 16.5. The predicted molar refractivity (Wildman–Crippen MR) is 35.4 cm³/mol. The van der Waals surface area contributed by atoms with Crippen molar-refractivity contribution in [3.05, 3.63) is 0 Å². The number of carbonyl (C=O) groups excluding carboxylic acids is 1. The summed E-state index contributed by atoms with van der Waals surface area (Å²) in [7, 11) is 1.30. The zero-order valence-electron chi connectivity index (χ0n) is 5.92. The fourth-order valence-electron chi connectivity index (χ4n) is 0.381. The number of alkyl carbamates (subject to hydrolysis) is 1. The molecule has 0 heterocycles. The number of nitrogens with one attached hydrogen (secondary N) is 1. The molecule has 0 fully saturated rings. The van der Waals surface area contributed by atoms with Gasteiger partial charge in [0.15, 0.2) is 0 Å². The molecular formula is C5H12N2O3. The molecule has 5 nitrogen and oxygen atoms in total. The Morgan fingerprint density at radius 1 is 1.70 bits per heavy atom. The Kier molecular flexibility index (Phi) is 5.80. The molecule has 0 atom stereocenters. The van der Waals surface area contributed by atoms with Crippen LogP contribution >= 0.6 is 0 Å². The van der Waals surface area contributed by atoms with Gasteiger partial charge in [-0.1, -0.05) is 0 Å². The van der Waals surface area contributed by atoms with E-state index >= 15 is 0 Å².